The van der Waals surface area contributed by atoms with Gasteiger partial charge in [0.25, 0.3) is 5.91 Å². The zero-order valence-corrected chi connectivity index (χ0v) is 24.4. The van der Waals surface area contributed by atoms with Crippen molar-refractivity contribution in [3.63, 3.8) is 0 Å². The molecule has 1 aliphatic rings. The van der Waals surface area contributed by atoms with Crippen molar-refractivity contribution in [3.05, 3.63) is 83.0 Å². The normalized spacial score (nSPS) is 17.2. The number of nitrogen functional groups attached to an aromatic ring is 1. The highest BCUT2D eigenvalue weighted by molar-refractivity contribution is 6.05. The van der Waals surface area contributed by atoms with Gasteiger partial charge in [0.15, 0.2) is 0 Å². The lowest BCUT2D eigenvalue weighted by Gasteiger charge is -2.30. The standard InChI is InChI=1S/C33H39N5O4/c1-33(2,3)42-32(41)37-24-14-12-23(13-15-24)36-31(40)29-27(19-39)26-16-11-21(30(34)35)17-28(26)38(29)18-22-9-6-8-20-7-4-5-10-25(20)22/h4-11,16-17,23-24,39H,12-15,18-19H2,1-3H3,(H3,34,35)(H,36,40)(H,37,41)/t23-,24-. The number of nitrogens with two attached hydrogens (primary N) is 1. The molecule has 1 heterocycles. The molecule has 9 nitrogen and oxygen atoms in total. The summed E-state index contributed by atoms with van der Waals surface area (Å²) in [5.74, 6) is -0.327. The lowest BCUT2D eigenvalue weighted by atomic mass is 9.91. The van der Waals surface area contributed by atoms with Crippen LogP contribution in [0.4, 0.5) is 4.79 Å². The molecule has 0 spiro atoms. The van der Waals surface area contributed by atoms with E-state index >= 15 is 0 Å². The van der Waals surface area contributed by atoms with E-state index in [1.54, 1.807) is 6.07 Å². The van der Waals surface area contributed by atoms with Crippen molar-refractivity contribution in [2.45, 2.75) is 77.3 Å². The minimum atomic E-state index is -0.560. The summed E-state index contributed by atoms with van der Waals surface area (Å²) in [5.41, 5.74) is 8.52. The number of aliphatic hydroxyl groups excluding tert-OH is 1. The first-order chi connectivity index (χ1) is 20.0. The van der Waals surface area contributed by atoms with Crippen molar-refractivity contribution in [2.24, 2.45) is 5.73 Å². The van der Waals surface area contributed by atoms with Crippen LogP contribution in [0, 0.1) is 5.41 Å². The number of benzene rings is 3. The maximum atomic E-state index is 14.0. The summed E-state index contributed by atoms with van der Waals surface area (Å²) < 4.78 is 7.32. The maximum absolute atomic E-state index is 14.0. The Labute approximate surface area is 245 Å². The number of ether oxygens (including phenoxy) is 1. The van der Waals surface area contributed by atoms with Crippen LogP contribution in [0.5, 0.6) is 0 Å². The van der Waals surface area contributed by atoms with E-state index in [2.05, 4.69) is 28.8 Å². The van der Waals surface area contributed by atoms with Crippen molar-refractivity contribution in [1.29, 1.82) is 5.41 Å². The van der Waals surface area contributed by atoms with E-state index in [0.717, 1.165) is 40.1 Å². The first-order valence-electron chi connectivity index (χ1n) is 14.4. The molecule has 0 aliphatic heterocycles. The lowest BCUT2D eigenvalue weighted by molar-refractivity contribution is 0.0487. The maximum Gasteiger partial charge on any atom is 0.407 e. The highest BCUT2D eigenvalue weighted by Crippen LogP contribution is 2.31. The van der Waals surface area contributed by atoms with Gasteiger partial charge in [-0.2, -0.15) is 0 Å². The number of carbonyl (C=O) groups is 2. The molecule has 0 bridgehead atoms. The third kappa shape index (κ3) is 6.26. The molecule has 0 radical (unpaired) electrons. The number of nitrogens with zero attached hydrogens (tertiary/aromatic N) is 1. The summed E-state index contributed by atoms with van der Waals surface area (Å²) in [5, 5.41) is 27.5. The van der Waals surface area contributed by atoms with E-state index in [1.165, 1.54) is 0 Å². The van der Waals surface area contributed by atoms with Gasteiger partial charge in [0.05, 0.1) is 12.1 Å². The van der Waals surface area contributed by atoms with Crippen LogP contribution in [0.2, 0.25) is 0 Å². The molecule has 1 aliphatic carbocycles. The monoisotopic (exact) mass is 569 g/mol. The minimum absolute atomic E-state index is 0.0104. The second-order valence-corrected chi connectivity index (χ2v) is 12.0. The molecule has 4 aromatic rings. The molecule has 0 saturated heterocycles. The van der Waals surface area contributed by atoms with Crippen LogP contribution in [0.1, 0.15) is 73.6 Å². The smallest absolute Gasteiger partial charge is 0.407 e. The number of rotatable bonds is 7. The fourth-order valence-corrected chi connectivity index (χ4v) is 5.88. The van der Waals surface area contributed by atoms with Gasteiger partial charge in [0, 0.05) is 35.1 Å². The topological polar surface area (TPSA) is 142 Å². The van der Waals surface area contributed by atoms with Crippen molar-refractivity contribution in [3.8, 4) is 0 Å². The van der Waals surface area contributed by atoms with Crippen LogP contribution < -0.4 is 16.4 Å². The predicted molar refractivity (Wildman–Crippen MR) is 165 cm³/mol. The number of amidine groups is 1. The summed E-state index contributed by atoms with van der Waals surface area (Å²) in [6.07, 6.45) is 2.43. The number of nitrogens with one attached hydrogen (secondary N) is 3. The molecule has 1 saturated carbocycles. The van der Waals surface area contributed by atoms with Gasteiger partial charge in [0.2, 0.25) is 0 Å². The summed E-state index contributed by atoms with van der Waals surface area (Å²) in [7, 11) is 0. The number of fused-ring (bicyclic) bond motifs is 2. The molecule has 0 unspecified atom stereocenters. The molecule has 1 aromatic heterocycles. The first kappa shape index (κ1) is 29.1. The second kappa shape index (κ2) is 11.9. The minimum Gasteiger partial charge on any atom is -0.444 e. The molecule has 42 heavy (non-hydrogen) atoms. The third-order valence-corrected chi connectivity index (χ3v) is 7.85. The highest BCUT2D eigenvalue weighted by Gasteiger charge is 2.29. The number of aromatic nitrogens is 1. The molecular weight excluding hydrogens is 530 g/mol. The molecular formula is C33H39N5O4. The van der Waals surface area contributed by atoms with Crippen LogP contribution >= 0.6 is 0 Å². The Bertz CT molecular complexity index is 1640. The average Bonchev–Trinajstić information content (AvgIpc) is 3.26. The SMILES string of the molecule is CC(C)(C)OC(=O)N[C@H]1CC[C@H](NC(=O)c2c(CO)c3ccc(C(=N)N)cc3n2Cc2cccc3ccccc23)CC1. The molecule has 5 rings (SSSR count). The molecule has 3 aromatic carbocycles. The van der Waals surface area contributed by atoms with Crippen LogP contribution in [0.25, 0.3) is 21.7 Å². The Morgan fingerprint density at radius 1 is 0.976 bits per heavy atom. The molecule has 6 N–H and O–H groups in total. The van der Waals surface area contributed by atoms with Crippen molar-refractivity contribution in [1.82, 2.24) is 15.2 Å². The Morgan fingerprint density at radius 2 is 1.64 bits per heavy atom. The zero-order valence-electron chi connectivity index (χ0n) is 24.4. The van der Waals surface area contributed by atoms with E-state index in [9.17, 15) is 14.7 Å². The fourth-order valence-electron chi connectivity index (χ4n) is 5.88. The van der Waals surface area contributed by atoms with E-state index in [-0.39, 0.29) is 30.4 Å². The number of aliphatic hydroxyl groups is 1. The molecule has 1 fully saturated rings. The van der Waals surface area contributed by atoms with E-state index in [0.29, 0.717) is 36.2 Å². The molecule has 0 atom stereocenters. The summed E-state index contributed by atoms with van der Waals surface area (Å²) in [6.45, 7) is 5.59. The molecule has 9 heteroatoms. The third-order valence-electron chi connectivity index (χ3n) is 7.85. The molecule has 220 valence electrons. The summed E-state index contributed by atoms with van der Waals surface area (Å²) in [4.78, 5) is 26.2. The largest absolute Gasteiger partial charge is 0.444 e. The Morgan fingerprint density at radius 3 is 2.31 bits per heavy atom. The van der Waals surface area contributed by atoms with Crippen molar-refractivity contribution < 1.29 is 19.4 Å². The lowest BCUT2D eigenvalue weighted by Crippen LogP contribution is -2.45. The van der Waals surface area contributed by atoms with E-state index < -0.39 is 11.7 Å². The number of alkyl carbamates (subject to hydrolysis) is 1. The van der Waals surface area contributed by atoms with Gasteiger partial charge >= 0.3 is 6.09 Å². The second-order valence-electron chi connectivity index (χ2n) is 12.0. The number of hydrogen-bond donors (Lipinski definition) is 5. The van der Waals surface area contributed by atoms with Gasteiger partial charge in [-0.05, 0) is 68.9 Å². The number of hydrogen-bond acceptors (Lipinski definition) is 5. The molecule has 2 amide bonds. The Hall–Kier alpha value is -4.37. The van der Waals surface area contributed by atoms with Crippen molar-refractivity contribution in [2.75, 3.05) is 0 Å². The first-order valence-corrected chi connectivity index (χ1v) is 14.4. The Kier molecular flexibility index (Phi) is 8.22. The van der Waals surface area contributed by atoms with Crippen molar-refractivity contribution >= 4 is 39.5 Å². The fraction of sp³-hybridized carbons (Fsp3) is 0.364. The van der Waals surface area contributed by atoms with Gasteiger partial charge in [-0.1, -0.05) is 54.6 Å². The predicted octanol–water partition coefficient (Wildman–Crippen LogP) is 5.18. The van der Waals surface area contributed by atoms with Crippen LogP contribution in [-0.4, -0.2) is 45.2 Å². The zero-order chi connectivity index (χ0) is 30.0. The van der Waals surface area contributed by atoms with Gasteiger partial charge in [-0.3, -0.25) is 10.2 Å². The van der Waals surface area contributed by atoms with Gasteiger partial charge in [-0.25, -0.2) is 4.79 Å². The average molecular weight is 570 g/mol. The van der Waals surface area contributed by atoms with E-state index in [1.807, 2.05) is 61.7 Å². The Balaban J connectivity index is 1.44. The summed E-state index contributed by atoms with van der Waals surface area (Å²) >= 11 is 0. The number of amides is 2. The van der Waals surface area contributed by atoms with Gasteiger partial charge < -0.3 is 30.8 Å². The summed E-state index contributed by atoms with van der Waals surface area (Å²) in [6, 6.07) is 19.5. The highest BCUT2D eigenvalue weighted by atomic mass is 16.6. The van der Waals surface area contributed by atoms with Crippen LogP contribution in [0.3, 0.4) is 0 Å². The van der Waals surface area contributed by atoms with Crippen LogP contribution in [0.15, 0.2) is 60.7 Å². The van der Waals surface area contributed by atoms with Gasteiger partial charge in [-0.15, -0.1) is 0 Å². The van der Waals surface area contributed by atoms with E-state index in [4.69, 9.17) is 15.9 Å². The number of carbonyl (C=O) groups excluding carboxylic acids is 2. The van der Waals surface area contributed by atoms with Gasteiger partial charge in [0.1, 0.15) is 17.1 Å². The quantitative estimate of drug-likeness (QED) is 0.154. The van der Waals surface area contributed by atoms with Crippen LogP contribution in [-0.2, 0) is 17.9 Å².